The van der Waals surface area contributed by atoms with Gasteiger partial charge >= 0.3 is 5.97 Å². The van der Waals surface area contributed by atoms with Gasteiger partial charge in [-0.1, -0.05) is 0 Å². The van der Waals surface area contributed by atoms with Crippen LogP contribution in [0.5, 0.6) is 11.5 Å². The normalized spacial score (nSPS) is 12.1. The first-order valence-electron chi connectivity index (χ1n) is 5.61. The Labute approximate surface area is 107 Å². The third kappa shape index (κ3) is 2.73. The van der Waals surface area contributed by atoms with E-state index in [1.807, 2.05) is 19.9 Å². The topological polar surface area (TPSA) is 81.8 Å². The number of methoxy groups -OCH3 is 2. The van der Waals surface area contributed by atoms with Crippen LogP contribution >= 0.6 is 0 Å². The maximum atomic E-state index is 10.9. The van der Waals surface area contributed by atoms with Gasteiger partial charge in [-0.3, -0.25) is 4.79 Å². The second kappa shape index (κ2) is 5.73. The van der Waals surface area contributed by atoms with Crippen molar-refractivity contribution in [3.05, 3.63) is 22.8 Å². The number of carboxylic acids is 1. The van der Waals surface area contributed by atoms with Gasteiger partial charge in [0, 0.05) is 12.0 Å². The van der Waals surface area contributed by atoms with Crippen molar-refractivity contribution in [1.82, 2.24) is 0 Å². The predicted octanol–water partition coefficient (Wildman–Crippen LogP) is 1.28. The molecule has 1 unspecified atom stereocenters. The maximum absolute atomic E-state index is 10.9. The van der Waals surface area contributed by atoms with Gasteiger partial charge in [0.05, 0.1) is 14.2 Å². The molecule has 1 aromatic rings. The van der Waals surface area contributed by atoms with E-state index in [-0.39, 0.29) is 6.42 Å². The summed E-state index contributed by atoms with van der Waals surface area (Å²) in [6.45, 7) is 3.75. The summed E-state index contributed by atoms with van der Waals surface area (Å²) in [6.07, 6.45) is 0.211. The molecule has 0 fully saturated rings. The molecule has 0 amide bonds. The van der Waals surface area contributed by atoms with Gasteiger partial charge in [-0.25, -0.2) is 0 Å². The van der Waals surface area contributed by atoms with Crippen LogP contribution in [0.15, 0.2) is 6.07 Å². The molecule has 0 saturated carbocycles. The molecule has 18 heavy (non-hydrogen) atoms. The quantitative estimate of drug-likeness (QED) is 0.826. The fourth-order valence-corrected chi connectivity index (χ4v) is 1.98. The summed E-state index contributed by atoms with van der Waals surface area (Å²) in [5, 5.41) is 8.90. The van der Waals surface area contributed by atoms with Crippen LogP contribution in [0.25, 0.3) is 0 Å². The van der Waals surface area contributed by atoms with Gasteiger partial charge in [-0.2, -0.15) is 0 Å². The number of hydrogen-bond donors (Lipinski definition) is 2. The Kier molecular flexibility index (Phi) is 4.55. The summed E-state index contributed by atoms with van der Waals surface area (Å²) in [5.41, 5.74) is 8.12. The van der Waals surface area contributed by atoms with Crippen molar-refractivity contribution in [1.29, 1.82) is 0 Å². The van der Waals surface area contributed by atoms with Crippen LogP contribution in [-0.4, -0.2) is 31.3 Å². The Morgan fingerprint density at radius 3 is 2.44 bits per heavy atom. The molecular weight excluding hydrogens is 234 g/mol. The summed E-state index contributed by atoms with van der Waals surface area (Å²) in [6, 6.07) is 0.911. The molecule has 0 bridgehead atoms. The minimum Gasteiger partial charge on any atom is -0.496 e. The molecule has 5 nitrogen and oxygen atoms in total. The fraction of sp³-hybridized carbons (Fsp3) is 0.462. The largest absolute Gasteiger partial charge is 0.496 e. The minimum atomic E-state index is -1.03. The lowest BCUT2D eigenvalue weighted by Gasteiger charge is -2.18. The molecule has 0 aliphatic rings. The number of carboxylic acid groups (broad SMARTS) is 1. The van der Waals surface area contributed by atoms with E-state index in [9.17, 15) is 4.79 Å². The van der Waals surface area contributed by atoms with Gasteiger partial charge in [0.15, 0.2) is 0 Å². The maximum Gasteiger partial charge on any atom is 0.320 e. The SMILES string of the molecule is COc1cc(C)c(OC)c(CC(N)C(=O)O)c1C. The number of carbonyl (C=O) groups is 1. The predicted molar refractivity (Wildman–Crippen MR) is 68.3 cm³/mol. The van der Waals surface area contributed by atoms with Crippen molar-refractivity contribution < 1.29 is 19.4 Å². The number of aryl methyl sites for hydroxylation is 1. The standard InChI is InChI=1S/C13H19NO4/c1-7-5-11(17-3)8(2)9(12(7)18-4)6-10(14)13(15)16/h5,10H,6,14H2,1-4H3,(H,15,16). The molecule has 5 heteroatoms. The Bertz CT molecular complexity index is 457. The Morgan fingerprint density at radius 1 is 1.39 bits per heavy atom. The van der Waals surface area contributed by atoms with Crippen molar-refractivity contribution in [3.8, 4) is 11.5 Å². The first kappa shape index (κ1) is 14.3. The molecule has 0 saturated heterocycles. The summed E-state index contributed by atoms with van der Waals surface area (Å²) < 4.78 is 10.6. The summed E-state index contributed by atoms with van der Waals surface area (Å²) in [7, 11) is 3.14. The fourth-order valence-electron chi connectivity index (χ4n) is 1.98. The number of rotatable bonds is 5. The lowest BCUT2D eigenvalue weighted by atomic mass is 9.96. The summed E-state index contributed by atoms with van der Waals surface area (Å²) in [5.74, 6) is 0.350. The molecule has 0 heterocycles. The van der Waals surface area contributed by atoms with Gasteiger partial charge in [0.25, 0.3) is 0 Å². The van der Waals surface area contributed by atoms with E-state index in [4.69, 9.17) is 20.3 Å². The molecule has 3 N–H and O–H groups in total. The van der Waals surface area contributed by atoms with E-state index in [0.717, 1.165) is 16.7 Å². The van der Waals surface area contributed by atoms with Crippen molar-refractivity contribution >= 4 is 5.97 Å². The van der Waals surface area contributed by atoms with Crippen LogP contribution in [0.2, 0.25) is 0 Å². The Balaban J connectivity index is 3.29. The third-order valence-electron chi connectivity index (χ3n) is 2.97. The average Bonchev–Trinajstić information content (AvgIpc) is 2.33. The van der Waals surface area contributed by atoms with Crippen molar-refractivity contribution in [3.63, 3.8) is 0 Å². The third-order valence-corrected chi connectivity index (χ3v) is 2.97. The molecule has 0 aromatic heterocycles. The number of benzene rings is 1. The molecule has 100 valence electrons. The molecule has 1 atom stereocenters. The van der Waals surface area contributed by atoms with Crippen LogP contribution in [0.3, 0.4) is 0 Å². The van der Waals surface area contributed by atoms with Gasteiger partial charge in [-0.05, 0) is 31.0 Å². The van der Waals surface area contributed by atoms with Gasteiger partial charge in [-0.15, -0.1) is 0 Å². The monoisotopic (exact) mass is 253 g/mol. The molecule has 0 aliphatic carbocycles. The summed E-state index contributed by atoms with van der Waals surface area (Å²) >= 11 is 0. The summed E-state index contributed by atoms with van der Waals surface area (Å²) in [4.78, 5) is 10.9. The van der Waals surface area contributed by atoms with Crippen LogP contribution in [-0.2, 0) is 11.2 Å². The first-order chi connectivity index (χ1) is 8.42. The number of hydrogen-bond acceptors (Lipinski definition) is 4. The number of ether oxygens (including phenoxy) is 2. The zero-order valence-corrected chi connectivity index (χ0v) is 11.1. The van der Waals surface area contributed by atoms with E-state index >= 15 is 0 Å². The molecule has 1 rings (SSSR count). The lowest BCUT2D eigenvalue weighted by Crippen LogP contribution is -2.32. The second-order valence-corrected chi connectivity index (χ2v) is 4.18. The highest BCUT2D eigenvalue weighted by Gasteiger charge is 2.20. The molecular formula is C13H19NO4. The minimum absolute atomic E-state index is 0.211. The lowest BCUT2D eigenvalue weighted by molar-refractivity contribution is -0.138. The van der Waals surface area contributed by atoms with E-state index in [1.165, 1.54) is 0 Å². The first-order valence-corrected chi connectivity index (χ1v) is 5.61. The van der Waals surface area contributed by atoms with E-state index in [0.29, 0.717) is 11.5 Å². The highest BCUT2D eigenvalue weighted by Crippen LogP contribution is 2.34. The van der Waals surface area contributed by atoms with Crippen molar-refractivity contribution in [2.75, 3.05) is 14.2 Å². The van der Waals surface area contributed by atoms with Crippen LogP contribution in [0.4, 0.5) is 0 Å². The highest BCUT2D eigenvalue weighted by molar-refractivity contribution is 5.74. The van der Waals surface area contributed by atoms with E-state index in [2.05, 4.69) is 0 Å². The van der Waals surface area contributed by atoms with Gasteiger partial charge in [0.1, 0.15) is 17.5 Å². The Morgan fingerprint density at radius 2 is 2.00 bits per heavy atom. The van der Waals surface area contributed by atoms with E-state index < -0.39 is 12.0 Å². The number of nitrogens with two attached hydrogens (primary N) is 1. The van der Waals surface area contributed by atoms with E-state index in [1.54, 1.807) is 14.2 Å². The molecule has 1 aromatic carbocycles. The molecule has 0 radical (unpaired) electrons. The van der Waals surface area contributed by atoms with Crippen molar-refractivity contribution in [2.45, 2.75) is 26.3 Å². The molecule has 0 aliphatic heterocycles. The van der Waals surface area contributed by atoms with Gasteiger partial charge < -0.3 is 20.3 Å². The zero-order chi connectivity index (χ0) is 13.9. The smallest absolute Gasteiger partial charge is 0.320 e. The van der Waals surface area contributed by atoms with Crippen LogP contribution < -0.4 is 15.2 Å². The highest BCUT2D eigenvalue weighted by atomic mass is 16.5. The zero-order valence-electron chi connectivity index (χ0n) is 11.1. The molecule has 0 spiro atoms. The second-order valence-electron chi connectivity index (χ2n) is 4.18. The van der Waals surface area contributed by atoms with Crippen molar-refractivity contribution in [2.24, 2.45) is 5.73 Å². The van der Waals surface area contributed by atoms with Gasteiger partial charge in [0.2, 0.25) is 0 Å². The van der Waals surface area contributed by atoms with Crippen LogP contribution in [0.1, 0.15) is 16.7 Å². The average molecular weight is 253 g/mol. The van der Waals surface area contributed by atoms with Crippen LogP contribution in [0, 0.1) is 13.8 Å². The Hall–Kier alpha value is -1.75. The number of aliphatic carboxylic acids is 1.